The summed E-state index contributed by atoms with van der Waals surface area (Å²) in [4.78, 5) is 70.0. The third kappa shape index (κ3) is 8.33. The molecule has 0 saturated carbocycles. The minimum atomic E-state index is -5.12. The summed E-state index contributed by atoms with van der Waals surface area (Å²) in [6.45, 7) is 6.84. The van der Waals surface area contributed by atoms with Gasteiger partial charge in [-0.3, -0.25) is 14.4 Å². The third-order valence-corrected chi connectivity index (χ3v) is 9.04. The van der Waals surface area contributed by atoms with Crippen molar-refractivity contribution in [3.05, 3.63) is 123 Å². The number of hydrogen-bond acceptors (Lipinski definition) is 8. The van der Waals surface area contributed by atoms with Crippen LogP contribution in [0.5, 0.6) is 0 Å². The van der Waals surface area contributed by atoms with Gasteiger partial charge >= 0.3 is 18.1 Å². The van der Waals surface area contributed by atoms with Crippen LogP contribution in [-0.4, -0.2) is 56.0 Å². The van der Waals surface area contributed by atoms with E-state index in [0.29, 0.717) is 23.0 Å². The van der Waals surface area contributed by atoms with E-state index >= 15 is 0 Å². The Bertz CT molecular complexity index is 2390. The monoisotopic (exact) mass is 776 g/mol. The number of nitrogens with zero attached hydrogens (tertiary/aromatic N) is 4. The number of para-hydroxylation sites is 1. The molecule has 0 radical (unpaired) electrons. The lowest BCUT2D eigenvalue weighted by Gasteiger charge is -2.21. The van der Waals surface area contributed by atoms with E-state index in [9.17, 15) is 37.1 Å². The number of halogens is 4. The summed E-state index contributed by atoms with van der Waals surface area (Å²) < 4.78 is 46.1. The zero-order valence-electron chi connectivity index (χ0n) is 29.9. The molecule has 3 aromatic heterocycles. The lowest BCUT2D eigenvalue weighted by Crippen LogP contribution is -2.50. The van der Waals surface area contributed by atoms with Crippen molar-refractivity contribution >= 4 is 52.5 Å². The predicted octanol–water partition coefficient (Wildman–Crippen LogP) is 5.74. The van der Waals surface area contributed by atoms with Crippen LogP contribution < -0.4 is 20.5 Å². The minimum absolute atomic E-state index is 0.102. The number of alkyl halides is 3. The van der Waals surface area contributed by atoms with Gasteiger partial charge in [0.05, 0.1) is 28.5 Å². The van der Waals surface area contributed by atoms with Crippen LogP contribution in [0.2, 0.25) is 5.02 Å². The fraction of sp³-hybridized carbons (Fsp3) is 0.263. The number of amides is 3. The van der Waals surface area contributed by atoms with E-state index in [4.69, 9.17) is 16.3 Å². The van der Waals surface area contributed by atoms with Gasteiger partial charge in [0.1, 0.15) is 22.6 Å². The van der Waals surface area contributed by atoms with Gasteiger partial charge in [0.2, 0.25) is 0 Å². The number of hydrogen-bond donors (Lipinski definition) is 3. The number of benzene rings is 2. The lowest BCUT2D eigenvalue weighted by atomic mass is 9.97. The second kappa shape index (κ2) is 14.9. The highest BCUT2D eigenvalue weighted by molar-refractivity contribution is 6.34. The Morgan fingerprint density at radius 1 is 0.982 bits per heavy atom. The number of esters is 1. The average Bonchev–Trinajstić information content (AvgIpc) is 3.74. The highest BCUT2D eigenvalue weighted by Gasteiger charge is 2.47. The van der Waals surface area contributed by atoms with Crippen LogP contribution in [0.3, 0.4) is 0 Å². The molecule has 0 fully saturated rings. The van der Waals surface area contributed by atoms with Gasteiger partial charge < -0.3 is 20.7 Å². The number of rotatable bonds is 8. The number of fused-ring (bicyclic) bond motifs is 2. The molecule has 6 rings (SSSR count). The van der Waals surface area contributed by atoms with E-state index in [1.807, 2.05) is 6.92 Å². The van der Waals surface area contributed by atoms with Crippen molar-refractivity contribution in [3.63, 3.8) is 0 Å². The van der Waals surface area contributed by atoms with Crippen LogP contribution in [0.4, 0.5) is 18.9 Å². The number of aromatic nitrogens is 4. The fourth-order valence-corrected chi connectivity index (χ4v) is 6.33. The molecule has 0 aliphatic heterocycles. The maximum atomic E-state index is 14.0. The molecule has 1 aliphatic rings. The summed E-state index contributed by atoms with van der Waals surface area (Å²) in [6, 6.07) is 13.2. The highest BCUT2D eigenvalue weighted by atomic mass is 35.5. The Morgan fingerprint density at radius 2 is 1.73 bits per heavy atom. The molecule has 2 aromatic carbocycles. The average molecular weight is 777 g/mol. The van der Waals surface area contributed by atoms with Crippen LogP contribution in [0.1, 0.15) is 102 Å². The molecular formula is C38H34ClF3N7O6+. The first-order valence-electron chi connectivity index (χ1n) is 16.9. The first kappa shape index (κ1) is 38.6. The van der Waals surface area contributed by atoms with Crippen molar-refractivity contribution in [1.29, 1.82) is 0 Å². The topological polar surface area (TPSA) is 165 Å². The molecule has 1 aliphatic carbocycles. The molecule has 0 bridgehead atoms. The SMILES string of the molecule is Cc1c(C(=O)OC(C)(C)C)ccc2c1CC[C@@H]2NC(=O)c1cc(C(=O)NCc2ccc[n+](C(=O)C(F)(F)F)c2)nc2c(C(=O)Nc3ccccc3Cl)cnn12. The van der Waals surface area contributed by atoms with Gasteiger partial charge in [-0.25, -0.2) is 19.1 Å². The molecule has 55 heavy (non-hydrogen) atoms. The first-order valence-corrected chi connectivity index (χ1v) is 17.3. The molecule has 3 amide bonds. The number of carbonyl (C=O) groups excluding carboxylic acids is 5. The van der Waals surface area contributed by atoms with Crippen molar-refractivity contribution in [2.45, 2.75) is 64.9 Å². The van der Waals surface area contributed by atoms with Crippen molar-refractivity contribution in [2.24, 2.45) is 0 Å². The van der Waals surface area contributed by atoms with E-state index in [1.165, 1.54) is 24.4 Å². The predicted molar refractivity (Wildman–Crippen MR) is 192 cm³/mol. The standard InChI is InChI=1S/C38H33ClF3N7O6/c1-20-22-13-14-27(24(22)12-11-23(20)35(53)55-37(2,3)4)46-34(52)30-16-29(33(51)43-17-21-8-7-15-48(19-21)36(54)38(40,41)42)45-31-25(18-44-49(30)31)32(50)47-28-10-6-5-9-26(28)39/h5-12,15-16,18-19,27H,13-14,17H2,1-4H3,(H2-,43,46,47,50,51,52)/p+1/t27-/m0/s1. The molecule has 284 valence electrons. The molecule has 0 spiro atoms. The maximum absolute atomic E-state index is 14.0. The summed E-state index contributed by atoms with van der Waals surface area (Å²) in [7, 11) is 0. The van der Waals surface area contributed by atoms with Crippen LogP contribution in [0, 0.1) is 6.92 Å². The second-order valence-electron chi connectivity index (χ2n) is 13.7. The number of nitrogens with one attached hydrogen (secondary N) is 3. The minimum Gasteiger partial charge on any atom is -0.456 e. The Balaban J connectivity index is 1.31. The highest BCUT2D eigenvalue weighted by Crippen LogP contribution is 2.35. The van der Waals surface area contributed by atoms with Gasteiger partial charge in [-0.1, -0.05) is 29.8 Å². The van der Waals surface area contributed by atoms with E-state index in [2.05, 4.69) is 26.0 Å². The normalized spacial score (nSPS) is 13.9. The second-order valence-corrected chi connectivity index (χ2v) is 14.1. The summed E-state index contributed by atoms with van der Waals surface area (Å²) in [6.07, 6.45) is -1.02. The Labute approximate surface area is 316 Å². The van der Waals surface area contributed by atoms with Gasteiger partial charge in [-0.05, 0) is 81.5 Å². The smallest absolute Gasteiger partial charge is 0.456 e. The molecule has 17 heteroatoms. The van der Waals surface area contributed by atoms with Crippen LogP contribution in [0.25, 0.3) is 5.65 Å². The van der Waals surface area contributed by atoms with Crippen LogP contribution >= 0.6 is 11.6 Å². The summed E-state index contributed by atoms with van der Waals surface area (Å²) in [5, 5.41) is 12.7. The molecule has 0 saturated heterocycles. The van der Waals surface area contributed by atoms with Crippen LogP contribution in [0.15, 0.2) is 73.2 Å². The molecule has 0 unspecified atom stereocenters. The molecule has 5 aromatic rings. The lowest BCUT2D eigenvalue weighted by molar-refractivity contribution is -0.586. The zero-order valence-corrected chi connectivity index (χ0v) is 30.6. The van der Waals surface area contributed by atoms with Gasteiger partial charge in [0.25, 0.3) is 17.7 Å². The van der Waals surface area contributed by atoms with Gasteiger partial charge in [-0.15, -0.1) is 4.57 Å². The number of ether oxygens (including phenoxy) is 1. The Hall–Kier alpha value is -6.16. The van der Waals surface area contributed by atoms with Crippen molar-refractivity contribution < 1.29 is 46.4 Å². The maximum Gasteiger partial charge on any atom is 0.521 e. The molecule has 3 heterocycles. The van der Waals surface area contributed by atoms with Gasteiger partial charge in [0, 0.05) is 24.2 Å². The van der Waals surface area contributed by atoms with E-state index < -0.39 is 47.4 Å². The zero-order chi connectivity index (χ0) is 39.8. The summed E-state index contributed by atoms with van der Waals surface area (Å²) >= 11 is 6.24. The molecule has 3 N–H and O–H groups in total. The Kier molecular flexibility index (Phi) is 10.5. The van der Waals surface area contributed by atoms with Crippen molar-refractivity contribution in [1.82, 2.24) is 25.2 Å². The largest absolute Gasteiger partial charge is 0.521 e. The van der Waals surface area contributed by atoms with E-state index in [1.54, 1.807) is 57.2 Å². The molecular weight excluding hydrogens is 743 g/mol. The number of anilines is 1. The van der Waals surface area contributed by atoms with Gasteiger partial charge in [-0.2, -0.15) is 18.3 Å². The molecule has 13 nitrogen and oxygen atoms in total. The molecule has 1 atom stereocenters. The Morgan fingerprint density at radius 3 is 2.44 bits per heavy atom. The van der Waals surface area contributed by atoms with E-state index in [-0.39, 0.29) is 45.4 Å². The summed E-state index contributed by atoms with van der Waals surface area (Å²) in [5.41, 5.74) is 1.88. The van der Waals surface area contributed by atoms with Crippen molar-refractivity contribution in [3.8, 4) is 0 Å². The first-order chi connectivity index (χ1) is 25.9. The summed E-state index contributed by atoms with van der Waals surface area (Å²) in [5.74, 6) is -4.77. The number of carbonyl (C=O) groups is 5. The van der Waals surface area contributed by atoms with Crippen molar-refractivity contribution in [2.75, 3.05) is 5.32 Å². The fourth-order valence-electron chi connectivity index (χ4n) is 6.14. The van der Waals surface area contributed by atoms with Crippen LogP contribution in [-0.2, 0) is 17.7 Å². The number of pyridine rings is 1. The van der Waals surface area contributed by atoms with E-state index in [0.717, 1.165) is 33.6 Å². The quantitative estimate of drug-likeness (QED) is 0.133. The third-order valence-electron chi connectivity index (χ3n) is 8.71. The van der Waals surface area contributed by atoms with Gasteiger partial charge in [0.15, 0.2) is 18.0 Å².